The number of pyridine rings is 1. The van der Waals surface area contributed by atoms with Gasteiger partial charge in [-0.3, -0.25) is 4.79 Å². The standard InChI is InChI=1S/C21H27N3O3/c1-26-11-10-22-21(25)18-8-9-19(24-20(18)23-13-15-6-7-15)17-5-3-4-16(12-17)14-27-2/h3-5,8-9,12,15H,6-7,10-11,13-14H2,1-2H3,(H,22,25)(H,23,24). The first-order chi connectivity index (χ1) is 13.2. The third-order valence-corrected chi connectivity index (χ3v) is 4.52. The molecule has 2 N–H and O–H groups in total. The molecule has 0 spiro atoms. The average molecular weight is 369 g/mol. The lowest BCUT2D eigenvalue weighted by atomic mass is 10.1. The third-order valence-electron chi connectivity index (χ3n) is 4.52. The Kier molecular flexibility index (Phi) is 6.79. The zero-order chi connectivity index (χ0) is 19.1. The average Bonchev–Trinajstić information content (AvgIpc) is 3.51. The minimum Gasteiger partial charge on any atom is -0.383 e. The van der Waals surface area contributed by atoms with Crippen molar-refractivity contribution in [2.24, 2.45) is 5.92 Å². The number of aromatic nitrogens is 1. The Morgan fingerprint density at radius 1 is 1.19 bits per heavy atom. The molecule has 27 heavy (non-hydrogen) atoms. The highest BCUT2D eigenvalue weighted by Gasteiger charge is 2.22. The fraction of sp³-hybridized carbons (Fsp3) is 0.429. The molecule has 0 saturated heterocycles. The maximum atomic E-state index is 12.5. The summed E-state index contributed by atoms with van der Waals surface area (Å²) >= 11 is 0. The van der Waals surface area contributed by atoms with Crippen molar-refractivity contribution in [3.63, 3.8) is 0 Å². The second-order valence-corrected chi connectivity index (χ2v) is 6.80. The number of nitrogens with one attached hydrogen (secondary N) is 2. The molecular formula is C21H27N3O3. The van der Waals surface area contributed by atoms with Crippen LogP contribution in [-0.4, -0.2) is 44.8 Å². The van der Waals surface area contributed by atoms with Gasteiger partial charge >= 0.3 is 0 Å². The summed E-state index contributed by atoms with van der Waals surface area (Å²) in [5.41, 5.74) is 3.49. The van der Waals surface area contributed by atoms with Gasteiger partial charge in [-0.25, -0.2) is 4.98 Å². The number of nitrogens with zero attached hydrogens (tertiary/aromatic N) is 1. The van der Waals surface area contributed by atoms with E-state index >= 15 is 0 Å². The quantitative estimate of drug-likeness (QED) is 0.630. The van der Waals surface area contributed by atoms with Gasteiger partial charge in [0.2, 0.25) is 0 Å². The van der Waals surface area contributed by atoms with E-state index in [1.165, 1.54) is 12.8 Å². The van der Waals surface area contributed by atoms with Gasteiger partial charge in [-0.1, -0.05) is 18.2 Å². The van der Waals surface area contributed by atoms with Crippen LogP contribution in [0.3, 0.4) is 0 Å². The van der Waals surface area contributed by atoms with Crippen molar-refractivity contribution >= 4 is 11.7 Å². The van der Waals surface area contributed by atoms with Crippen LogP contribution in [0, 0.1) is 5.92 Å². The predicted octanol–water partition coefficient (Wildman–Crippen LogP) is 3.09. The van der Waals surface area contributed by atoms with Crippen LogP contribution in [0.1, 0.15) is 28.8 Å². The number of ether oxygens (including phenoxy) is 2. The van der Waals surface area contributed by atoms with Gasteiger partial charge in [0.1, 0.15) is 5.82 Å². The molecule has 0 atom stereocenters. The molecule has 6 nitrogen and oxygen atoms in total. The normalized spacial score (nSPS) is 13.4. The summed E-state index contributed by atoms with van der Waals surface area (Å²) in [5, 5.41) is 6.24. The molecule has 0 radical (unpaired) electrons. The van der Waals surface area contributed by atoms with Gasteiger partial charge in [0, 0.05) is 32.9 Å². The molecule has 1 aliphatic rings. The molecule has 1 fully saturated rings. The van der Waals surface area contributed by atoms with E-state index in [0.717, 1.165) is 23.4 Å². The summed E-state index contributed by atoms with van der Waals surface area (Å²) in [4.78, 5) is 17.3. The van der Waals surface area contributed by atoms with E-state index in [9.17, 15) is 4.79 Å². The number of anilines is 1. The molecule has 0 aliphatic heterocycles. The van der Waals surface area contributed by atoms with E-state index in [-0.39, 0.29) is 5.91 Å². The highest BCUT2D eigenvalue weighted by molar-refractivity contribution is 5.99. The van der Waals surface area contributed by atoms with Gasteiger partial charge in [-0.2, -0.15) is 0 Å². The van der Waals surface area contributed by atoms with E-state index in [1.54, 1.807) is 14.2 Å². The van der Waals surface area contributed by atoms with Crippen LogP contribution >= 0.6 is 0 Å². The summed E-state index contributed by atoms with van der Waals surface area (Å²) in [5.74, 6) is 1.17. The smallest absolute Gasteiger partial charge is 0.255 e. The van der Waals surface area contributed by atoms with Gasteiger partial charge in [-0.15, -0.1) is 0 Å². The fourth-order valence-electron chi connectivity index (χ4n) is 2.85. The summed E-state index contributed by atoms with van der Waals surface area (Å²) in [6, 6.07) is 11.8. The lowest BCUT2D eigenvalue weighted by Gasteiger charge is -2.13. The van der Waals surface area contributed by atoms with Crippen LogP contribution in [0.4, 0.5) is 5.82 Å². The molecule has 1 saturated carbocycles. The molecule has 3 rings (SSSR count). The summed E-state index contributed by atoms with van der Waals surface area (Å²) in [6.07, 6.45) is 2.47. The van der Waals surface area contributed by atoms with E-state index < -0.39 is 0 Å². The van der Waals surface area contributed by atoms with Gasteiger partial charge in [0.05, 0.1) is 24.5 Å². The number of carbonyl (C=O) groups is 1. The molecule has 1 amide bonds. The van der Waals surface area contributed by atoms with Crippen LogP contribution < -0.4 is 10.6 Å². The molecule has 6 heteroatoms. The van der Waals surface area contributed by atoms with Gasteiger partial charge in [0.25, 0.3) is 5.91 Å². The number of benzene rings is 1. The van der Waals surface area contributed by atoms with Crippen LogP contribution in [0.25, 0.3) is 11.3 Å². The number of methoxy groups -OCH3 is 2. The lowest BCUT2D eigenvalue weighted by molar-refractivity contribution is 0.0937. The molecule has 1 heterocycles. The molecule has 1 aromatic carbocycles. The Morgan fingerprint density at radius 2 is 2.04 bits per heavy atom. The first-order valence-corrected chi connectivity index (χ1v) is 9.31. The SMILES string of the molecule is COCCNC(=O)c1ccc(-c2cccc(COC)c2)nc1NCC1CC1. The molecule has 2 aromatic rings. The van der Waals surface area contributed by atoms with Crippen molar-refractivity contribution < 1.29 is 14.3 Å². The Labute approximate surface area is 160 Å². The van der Waals surface area contributed by atoms with Gasteiger partial charge in [-0.05, 0) is 42.5 Å². The molecule has 0 bridgehead atoms. The van der Waals surface area contributed by atoms with Crippen molar-refractivity contribution in [1.29, 1.82) is 0 Å². The van der Waals surface area contributed by atoms with Crippen LogP contribution in [0.2, 0.25) is 0 Å². The van der Waals surface area contributed by atoms with Crippen LogP contribution in [0.15, 0.2) is 36.4 Å². The minimum absolute atomic E-state index is 0.141. The van der Waals surface area contributed by atoms with Crippen molar-refractivity contribution in [2.45, 2.75) is 19.4 Å². The fourth-order valence-corrected chi connectivity index (χ4v) is 2.85. The zero-order valence-corrected chi connectivity index (χ0v) is 16.0. The van der Waals surface area contributed by atoms with Crippen LogP contribution in [-0.2, 0) is 16.1 Å². The maximum absolute atomic E-state index is 12.5. The second-order valence-electron chi connectivity index (χ2n) is 6.80. The Bertz CT molecular complexity index is 775. The van der Waals surface area contributed by atoms with Gasteiger partial charge < -0.3 is 20.1 Å². The van der Waals surface area contributed by atoms with E-state index in [0.29, 0.717) is 37.1 Å². The van der Waals surface area contributed by atoms with E-state index in [1.807, 2.05) is 30.3 Å². The van der Waals surface area contributed by atoms with Gasteiger partial charge in [0.15, 0.2) is 0 Å². The van der Waals surface area contributed by atoms with Crippen molar-refractivity contribution in [3.8, 4) is 11.3 Å². The molecule has 0 unspecified atom stereocenters. The van der Waals surface area contributed by atoms with E-state index in [2.05, 4.69) is 16.7 Å². The summed E-state index contributed by atoms with van der Waals surface area (Å²) < 4.78 is 10.2. The lowest BCUT2D eigenvalue weighted by Crippen LogP contribution is -2.28. The van der Waals surface area contributed by atoms with Crippen LogP contribution in [0.5, 0.6) is 0 Å². The third kappa shape index (κ3) is 5.52. The van der Waals surface area contributed by atoms with E-state index in [4.69, 9.17) is 14.5 Å². The minimum atomic E-state index is -0.141. The number of rotatable bonds is 10. The largest absolute Gasteiger partial charge is 0.383 e. The Hall–Kier alpha value is -2.44. The number of carbonyl (C=O) groups excluding carboxylic acids is 1. The van der Waals surface area contributed by atoms with Crippen molar-refractivity contribution in [2.75, 3.05) is 39.2 Å². The number of hydrogen-bond donors (Lipinski definition) is 2. The Balaban J connectivity index is 1.84. The summed E-state index contributed by atoms with van der Waals surface area (Å²) in [7, 11) is 3.30. The first kappa shape index (κ1) is 19.3. The number of hydrogen-bond acceptors (Lipinski definition) is 5. The molecule has 144 valence electrons. The first-order valence-electron chi connectivity index (χ1n) is 9.31. The van der Waals surface area contributed by atoms with Crippen molar-refractivity contribution in [3.05, 3.63) is 47.5 Å². The van der Waals surface area contributed by atoms with Crippen molar-refractivity contribution in [1.82, 2.24) is 10.3 Å². The predicted molar refractivity (Wildman–Crippen MR) is 106 cm³/mol. The molecule has 1 aliphatic carbocycles. The second kappa shape index (κ2) is 9.48. The molecule has 1 aromatic heterocycles. The topological polar surface area (TPSA) is 72.5 Å². The zero-order valence-electron chi connectivity index (χ0n) is 16.0. The maximum Gasteiger partial charge on any atom is 0.255 e. The number of amides is 1. The Morgan fingerprint density at radius 3 is 2.78 bits per heavy atom. The monoisotopic (exact) mass is 369 g/mol. The summed E-state index contributed by atoms with van der Waals surface area (Å²) in [6.45, 7) is 2.35. The highest BCUT2D eigenvalue weighted by atomic mass is 16.5. The molecular weight excluding hydrogens is 342 g/mol. The highest BCUT2D eigenvalue weighted by Crippen LogP contribution is 2.30.